The number of aromatic nitrogens is 2. The minimum absolute atomic E-state index is 0.0408. The lowest BCUT2D eigenvalue weighted by molar-refractivity contribution is -0.112. The molecule has 0 aliphatic heterocycles. The van der Waals surface area contributed by atoms with E-state index in [2.05, 4.69) is 34.6 Å². The third-order valence-corrected chi connectivity index (χ3v) is 4.34. The van der Waals surface area contributed by atoms with Crippen molar-refractivity contribution in [2.24, 2.45) is 0 Å². The summed E-state index contributed by atoms with van der Waals surface area (Å²) >= 11 is 1.31. The largest absolute Gasteiger partial charge is 0.344 e. The number of nitriles is 1. The molecular formula is C19H16N4OS. The zero-order chi connectivity index (χ0) is 17.6. The van der Waals surface area contributed by atoms with Gasteiger partial charge in [0, 0.05) is 30.0 Å². The fourth-order valence-corrected chi connectivity index (χ4v) is 2.86. The Morgan fingerprint density at radius 2 is 2.16 bits per heavy atom. The van der Waals surface area contributed by atoms with Gasteiger partial charge in [0.15, 0.2) is 5.13 Å². The summed E-state index contributed by atoms with van der Waals surface area (Å²) in [6.07, 6.45) is 5.12. The van der Waals surface area contributed by atoms with Crippen LogP contribution in [-0.2, 0) is 11.3 Å². The van der Waals surface area contributed by atoms with E-state index < -0.39 is 5.91 Å². The summed E-state index contributed by atoms with van der Waals surface area (Å²) in [6.45, 7) is 2.72. The van der Waals surface area contributed by atoms with Gasteiger partial charge < -0.3 is 4.57 Å². The Labute approximate surface area is 149 Å². The van der Waals surface area contributed by atoms with Crippen molar-refractivity contribution in [1.82, 2.24) is 9.55 Å². The molecule has 5 nitrogen and oxygen atoms in total. The van der Waals surface area contributed by atoms with E-state index >= 15 is 0 Å². The van der Waals surface area contributed by atoms with Crippen LogP contribution in [0.15, 0.2) is 59.7 Å². The second-order valence-electron chi connectivity index (χ2n) is 5.51. The molecule has 0 unspecified atom stereocenters. The molecule has 0 fully saturated rings. The van der Waals surface area contributed by atoms with Gasteiger partial charge in [0.1, 0.15) is 11.6 Å². The van der Waals surface area contributed by atoms with Gasteiger partial charge in [-0.25, -0.2) is 4.98 Å². The van der Waals surface area contributed by atoms with Crippen LogP contribution >= 0.6 is 11.3 Å². The van der Waals surface area contributed by atoms with E-state index in [4.69, 9.17) is 0 Å². The number of hydrogen-bond acceptors (Lipinski definition) is 4. The van der Waals surface area contributed by atoms with Gasteiger partial charge in [-0.05, 0) is 30.7 Å². The molecule has 3 rings (SSSR count). The molecule has 1 aromatic carbocycles. The molecule has 0 aliphatic carbocycles. The third-order valence-electron chi connectivity index (χ3n) is 3.65. The smallest absolute Gasteiger partial charge is 0.268 e. The van der Waals surface area contributed by atoms with Crippen LogP contribution in [0.2, 0.25) is 0 Å². The van der Waals surface area contributed by atoms with E-state index in [0.29, 0.717) is 11.7 Å². The van der Waals surface area contributed by atoms with E-state index in [-0.39, 0.29) is 5.57 Å². The zero-order valence-electron chi connectivity index (χ0n) is 13.6. The number of rotatable bonds is 5. The number of thiazole rings is 1. The van der Waals surface area contributed by atoms with Crippen LogP contribution in [-0.4, -0.2) is 15.5 Å². The minimum Gasteiger partial charge on any atom is -0.344 e. The average Bonchev–Trinajstić information content (AvgIpc) is 3.26. The van der Waals surface area contributed by atoms with Crippen molar-refractivity contribution < 1.29 is 4.79 Å². The number of amides is 1. The first-order valence-corrected chi connectivity index (χ1v) is 8.57. The molecule has 0 saturated heterocycles. The summed E-state index contributed by atoms with van der Waals surface area (Å²) in [5.41, 5.74) is 3.20. The van der Waals surface area contributed by atoms with E-state index in [0.717, 1.165) is 11.3 Å². The van der Waals surface area contributed by atoms with Gasteiger partial charge in [-0.15, -0.1) is 11.3 Å². The lowest BCUT2D eigenvalue weighted by atomic mass is 10.1. The molecule has 1 N–H and O–H groups in total. The molecule has 0 aliphatic rings. The Balaban J connectivity index is 1.80. The van der Waals surface area contributed by atoms with Gasteiger partial charge >= 0.3 is 0 Å². The molecule has 0 atom stereocenters. The summed E-state index contributed by atoms with van der Waals surface area (Å²) in [4.78, 5) is 16.2. The van der Waals surface area contributed by atoms with Crippen LogP contribution in [0.25, 0.3) is 6.08 Å². The summed E-state index contributed by atoms with van der Waals surface area (Å²) in [5.74, 6) is -0.458. The molecule has 25 heavy (non-hydrogen) atoms. The van der Waals surface area contributed by atoms with Crippen molar-refractivity contribution in [2.75, 3.05) is 5.32 Å². The van der Waals surface area contributed by atoms with Crippen molar-refractivity contribution in [3.05, 3.63) is 76.6 Å². The fourth-order valence-electron chi connectivity index (χ4n) is 2.34. The molecule has 0 radical (unpaired) electrons. The first-order valence-electron chi connectivity index (χ1n) is 7.69. The van der Waals surface area contributed by atoms with Crippen molar-refractivity contribution >= 4 is 28.5 Å². The monoisotopic (exact) mass is 348 g/mol. The van der Waals surface area contributed by atoms with Crippen molar-refractivity contribution in [3.63, 3.8) is 0 Å². The second-order valence-corrected chi connectivity index (χ2v) is 6.40. The molecule has 3 aromatic rings. The summed E-state index contributed by atoms with van der Waals surface area (Å²) in [6, 6.07) is 14.0. The Hall–Kier alpha value is -3.17. The Morgan fingerprint density at radius 1 is 1.36 bits per heavy atom. The third kappa shape index (κ3) is 4.22. The van der Waals surface area contributed by atoms with Gasteiger partial charge in [-0.2, -0.15) is 5.26 Å². The molecule has 2 heterocycles. The number of nitrogens with one attached hydrogen (secondary N) is 1. The van der Waals surface area contributed by atoms with Crippen LogP contribution in [0.1, 0.15) is 16.8 Å². The number of carbonyl (C=O) groups is 1. The number of anilines is 1. The van der Waals surface area contributed by atoms with Crippen LogP contribution in [0.4, 0.5) is 5.13 Å². The van der Waals surface area contributed by atoms with E-state index in [1.165, 1.54) is 16.9 Å². The van der Waals surface area contributed by atoms with Crippen LogP contribution < -0.4 is 5.32 Å². The maximum Gasteiger partial charge on any atom is 0.268 e. The minimum atomic E-state index is -0.458. The topological polar surface area (TPSA) is 70.7 Å². The summed E-state index contributed by atoms with van der Waals surface area (Å²) in [7, 11) is 0. The van der Waals surface area contributed by atoms with Crippen molar-refractivity contribution in [3.8, 4) is 6.07 Å². The quantitative estimate of drug-likeness (QED) is 0.562. The fraction of sp³-hybridized carbons (Fsp3) is 0.105. The number of hydrogen-bond donors (Lipinski definition) is 1. The molecule has 2 aromatic heterocycles. The lowest BCUT2D eigenvalue weighted by Gasteiger charge is -2.08. The molecule has 6 heteroatoms. The molecule has 0 bridgehead atoms. The van der Waals surface area contributed by atoms with Crippen molar-refractivity contribution in [2.45, 2.75) is 13.5 Å². The van der Waals surface area contributed by atoms with Crippen LogP contribution in [0, 0.1) is 18.3 Å². The van der Waals surface area contributed by atoms with Gasteiger partial charge in [-0.1, -0.05) is 29.8 Å². The van der Waals surface area contributed by atoms with Gasteiger partial charge in [0.25, 0.3) is 5.91 Å². The molecule has 0 saturated carbocycles. The maximum atomic E-state index is 12.2. The molecular weight excluding hydrogens is 332 g/mol. The second kappa shape index (κ2) is 7.60. The molecule has 124 valence electrons. The standard InChI is InChI=1S/C19H16N4OS/c1-14-4-6-15(7-5-14)13-23-9-2-3-17(23)11-16(12-20)18(24)22-19-21-8-10-25-19/h2-11H,13H2,1H3,(H,21,22,24)/b16-11-. The average molecular weight is 348 g/mol. The molecule has 0 spiro atoms. The highest BCUT2D eigenvalue weighted by atomic mass is 32.1. The number of aryl methyl sites for hydroxylation is 1. The predicted octanol–water partition coefficient (Wildman–Crippen LogP) is 3.85. The Morgan fingerprint density at radius 3 is 2.84 bits per heavy atom. The predicted molar refractivity (Wildman–Crippen MR) is 99.0 cm³/mol. The highest BCUT2D eigenvalue weighted by Gasteiger charge is 2.12. The number of carbonyl (C=O) groups excluding carboxylic acids is 1. The number of benzene rings is 1. The maximum absolute atomic E-state index is 12.2. The Bertz CT molecular complexity index is 931. The first-order chi connectivity index (χ1) is 12.2. The van der Waals surface area contributed by atoms with Crippen molar-refractivity contribution in [1.29, 1.82) is 5.26 Å². The SMILES string of the molecule is Cc1ccc(Cn2cccc2/C=C(/C#N)C(=O)Nc2nccs2)cc1. The van der Waals surface area contributed by atoms with Gasteiger partial charge in [-0.3, -0.25) is 10.1 Å². The summed E-state index contributed by atoms with van der Waals surface area (Å²) < 4.78 is 2.00. The highest BCUT2D eigenvalue weighted by Crippen LogP contribution is 2.15. The highest BCUT2D eigenvalue weighted by molar-refractivity contribution is 7.13. The van der Waals surface area contributed by atoms with E-state index in [1.54, 1.807) is 17.7 Å². The Kier molecular flexibility index (Phi) is 5.07. The number of nitrogens with zero attached hydrogens (tertiary/aromatic N) is 3. The van der Waals surface area contributed by atoms with E-state index in [1.807, 2.05) is 35.9 Å². The van der Waals surface area contributed by atoms with Gasteiger partial charge in [0.2, 0.25) is 0 Å². The normalized spacial score (nSPS) is 11.1. The van der Waals surface area contributed by atoms with E-state index in [9.17, 15) is 10.1 Å². The zero-order valence-corrected chi connectivity index (χ0v) is 14.5. The lowest BCUT2D eigenvalue weighted by Crippen LogP contribution is -2.13. The molecule has 1 amide bonds. The summed E-state index contributed by atoms with van der Waals surface area (Å²) in [5, 5.41) is 14.2. The first kappa shape index (κ1) is 16.7. The van der Waals surface area contributed by atoms with Crippen LogP contribution in [0.5, 0.6) is 0 Å². The van der Waals surface area contributed by atoms with Gasteiger partial charge in [0.05, 0.1) is 0 Å². The van der Waals surface area contributed by atoms with Crippen LogP contribution in [0.3, 0.4) is 0 Å².